The number of piperidine rings is 1. The van der Waals surface area contributed by atoms with Crippen molar-refractivity contribution in [3.63, 3.8) is 0 Å². The van der Waals surface area contributed by atoms with Crippen molar-refractivity contribution in [1.82, 2.24) is 25.4 Å². The van der Waals surface area contributed by atoms with E-state index >= 15 is 0 Å². The van der Waals surface area contributed by atoms with Gasteiger partial charge in [0.2, 0.25) is 11.8 Å². The number of benzene rings is 1. The van der Waals surface area contributed by atoms with Crippen LogP contribution in [-0.4, -0.2) is 107 Å². The van der Waals surface area contributed by atoms with Gasteiger partial charge in [-0.3, -0.25) is 28.9 Å². The summed E-state index contributed by atoms with van der Waals surface area (Å²) >= 11 is 2.84. The Balaban J connectivity index is 1.52. The van der Waals surface area contributed by atoms with Gasteiger partial charge in [0.25, 0.3) is 5.91 Å². The van der Waals surface area contributed by atoms with Crippen LogP contribution in [-0.2, 0) is 41.2 Å². The van der Waals surface area contributed by atoms with Crippen molar-refractivity contribution in [2.45, 2.75) is 110 Å². The Morgan fingerprint density at radius 2 is 1.72 bits per heavy atom. The number of ether oxygens (including phenoxy) is 2. The summed E-state index contributed by atoms with van der Waals surface area (Å²) in [6, 6.07) is 2.51. The maximum atomic E-state index is 14.3. The van der Waals surface area contributed by atoms with Crippen molar-refractivity contribution in [2.24, 2.45) is 17.8 Å². The molecule has 3 amide bonds. The number of thioether (sulfide) groups is 1. The van der Waals surface area contributed by atoms with E-state index in [0.29, 0.717) is 10.6 Å². The number of carbonyl (C=O) groups is 5. The van der Waals surface area contributed by atoms with Gasteiger partial charge in [-0.05, 0) is 73.9 Å². The summed E-state index contributed by atoms with van der Waals surface area (Å²) in [6.07, 6.45) is -2.23. The van der Waals surface area contributed by atoms with Crippen molar-refractivity contribution in [3.8, 4) is 0 Å². The molecule has 0 unspecified atom stereocenters. The fraction of sp³-hybridized carbons (Fsp3) is 0.650. The van der Waals surface area contributed by atoms with Crippen molar-refractivity contribution in [2.75, 3.05) is 38.8 Å². The molecular formula is C40H56F3N5O7S2. The zero-order valence-corrected chi connectivity index (χ0v) is 35.4. The molecule has 6 atom stereocenters. The van der Waals surface area contributed by atoms with Crippen LogP contribution >= 0.6 is 23.1 Å². The van der Waals surface area contributed by atoms with Crippen molar-refractivity contribution in [1.29, 1.82) is 0 Å². The maximum absolute atomic E-state index is 14.3. The van der Waals surface area contributed by atoms with Crippen LogP contribution in [0.3, 0.4) is 0 Å². The lowest BCUT2D eigenvalue weighted by Gasteiger charge is -2.41. The highest BCUT2D eigenvalue weighted by Crippen LogP contribution is 2.34. The summed E-state index contributed by atoms with van der Waals surface area (Å²) in [7, 11) is 2.95. The number of aromatic nitrogens is 1. The molecule has 2 aromatic rings. The Morgan fingerprint density at radius 1 is 1.04 bits per heavy atom. The molecule has 0 radical (unpaired) electrons. The van der Waals surface area contributed by atoms with E-state index in [4.69, 9.17) is 9.47 Å². The highest BCUT2D eigenvalue weighted by atomic mass is 32.2. The monoisotopic (exact) mass is 839 g/mol. The van der Waals surface area contributed by atoms with Crippen LogP contribution < -0.4 is 10.6 Å². The summed E-state index contributed by atoms with van der Waals surface area (Å²) < 4.78 is 50.1. The van der Waals surface area contributed by atoms with E-state index < -0.39 is 59.7 Å². The largest absolute Gasteiger partial charge is 0.469 e. The second-order valence-electron chi connectivity index (χ2n) is 15.3. The Morgan fingerprint density at radius 3 is 2.28 bits per heavy atom. The smallest absolute Gasteiger partial charge is 0.416 e. The quantitative estimate of drug-likeness (QED) is 0.174. The summed E-state index contributed by atoms with van der Waals surface area (Å²) in [4.78, 5) is 74.5. The molecule has 316 valence electrons. The van der Waals surface area contributed by atoms with Crippen LogP contribution in [0.2, 0.25) is 0 Å². The lowest BCUT2D eigenvalue weighted by molar-refractivity contribution is -0.149. The number of esters is 2. The van der Waals surface area contributed by atoms with Gasteiger partial charge < -0.3 is 25.0 Å². The second-order valence-corrected chi connectivity index (χ2v) is 17.3. The molecule has 57 heavy (non-hydrogen) atoms. The predicted octanol–water partition coefficient (Wildman–Crippen LogP) is 5.90. The molecule has 1 aromatic heterocycles. The Bertz CT molecular complexity index is 1690. The number of amides is 3. The van der Waals surface area contributed by atoms with E-state index in [-0.39, 0.29) is 54.6 Å². The van der Waals surface area contributed by atoms with Crippen molar-refractivity contribution < 1.29 is 46.6 Å². The number of carbonyl (C=O) groups excluding carboxylic acids is 5. The average Bonchev–Trinajstić information content (AvgIpc) is 3.64. The minimum Gasteiger partial charge on any atom is -0.469 e. The molecule has 12 nitrogen and oxygen atoms in total. The highest BCUT2D eigenvalue weighted by Gasteiger charge is 2.41. The molecule has 0 spiro atoms. The number of halogens is 3. The number of alkyl halides is 3. The lowest BCUT2D eigenvalue weighted by Crippen LogP contribution is -2.60. The van der Waals surface area contributed by atoms with E-state index in [1.165, 1.54) is 31.5 Å². The topological polar surface area (TPSA) is 147 Å². The maximum Gasteiger partial charge on any atom is 0.416 e. The van der Waals surface area contributed by atoms with Crippen molar-refractivity contribution >= 4 is 52.8 Å². The molecular weight excluding hydrogens is 784 g/mol. The minimum atomic E-state index is -4.50. The van der Waals surface area contributed by atoms with Crippen LogP contribution in [0.25, 0.3) is 0 Å². The average molecular weight is 840 g/mol. The van der Waals surface area contributed by atoms with Crippen LogP contribution in [0.4, 0.5) is 13.2 Å². The van der Waals surface area contributed by atoms with E-state index in [1.54, 1.807) is 30.6 Å². The van der Waals surface area contributed by atoms with Gasteiger partial charge in [0, 0.05) is 43.8 Å². The van der Waals surface area contributed by atoms with Gasteiger partial charge >= 0.3 is 18.1 Å². The summed E-state index contributed by atoms with van der Waals surface area (Å²) in [6.45, 7) is 10.4. The number of likely N-dealkylation sites (N-methyl/N-ethyl adjacent to an activating group) is 2. The van der Waals surface area contributed by atoms with E-state index in [1.807, 2.05) is 20.8 Å². The fourth-order valence-electron chi connectivity index (χ4n) is 7.45. The molecule has 3 heterocycles. The van der Waals surface area contributed by atoms with Crippen LogP contribution in [0.15, 0.2) is 29.6 Å². The molecule has 17 heteroatoms. The number of rotatable bonds is 18. The highest BCUT2D eigenvalue weighted by molar-refractivity contribution is 8.00. The summed E-state index contributed by atoms with van der Waals surface area (Å²) in [5.74, 6) is -1.23. The molecule has 4 rings (SSSR count). The van der Waals surface area contributed by atoms with Crippen LogP contribution in [0, 0.1) is 17.8 Å². The first-order chi connectivity index (χ1) is 26.9. The van der Waals surface area contributed by atoms with Gasteiger partial charge in [0.15, 0.2) is 6.10 Å². The fourth-order valence-corrected chi connectivity index (χ4v) is 9.19. The molecule has 2 aliphatic heterocycles. The number of hydrogen-bond donors (Lipinski definition) is 2. The van der Waals surface area contributed by atoms with E-state index in [9.17, 15) is 37.1 Å². The number of nitrogens with zero attached hydrogens (tertiary/aromatic N) is 3. The third kappa shape index (κ3) is 12.6. The molecule has 0 saturated carbocycles. The molecule has 2 aliphatic rings. The molecule has 0 aliphatic carbocycles. The number of likely N-dealkylation sites (tertiary alicyclic amines) is 1. The Labute approximate surface area is 341 Å². The van der Waals surface area contributed by atoms with E-state index in [0.717, 1.165) is 67.3 Å². The second kappa shape index (κ2) is 20.8. The molecule has 0 bridgehead atoms. The lowest BCUT2D eigenvalue weighted by atomic mass is 9.93. The molecule has 2 saturated heterocycles. The first-order valence-corrected chi connectivity index (χ1v) is 21.5. The minimum absolute atomic E-state index is 0.0108. The SMILES string of the molecule is CCN1CCCC[C@@H]1C(=O)N[C@H](C(=O)N(C)[C@H](C[C@@H](OC(C)=O)c1nc(C(=O)N[C@@H](Cc2ccc(C(F)(F)F)cc2)C[C@H](C)C(=O)OC)cs1)C(C)C)C1CSC1. The third-order valence-electron chi connectivity index (χ3n) is 10.8. The van der Waals surface area contributed by atoms with Gasteiger partial charge in [0.05, 0.1) is 24.6 Å². The van der Waals surface area contributed by atoms with Gasteiger partial charge in [0.1, 0.15) is 16.7 Å². The molecule has 2 fully saturated rings. The number of thiazole rings is 1. The van der Waals surface area contributed by atoms with E-state index in [2.05, 4.69) is 20.5 Å². The van der Waals surface area contributed by atoms with Gasteiger partial charge in [-0.2, -0.15) is 24.9 Å². The number of hydrogen-bond acceptors (Lipinski definition) is 11. The van der Waals surface area contributed by atoms with Gasteiger partial charge in [-0.15, -0.1) is 11.3 Å². The normalized spacial score (nSPS) is 19.0. The first kappa shape index (κ1) is 46.0. The summed E-state index contributed by atoms with van der Waals surface area (Å²) in [5.41, 5.74) is -0.258. The van der Waals surface area contributed by atoms with Crippen molar-refractivity contribution in [3.05, 3.63) is 51.5 Å². The summed E-state index contributed by atoms with van der Waals surface area (Å²) in [5, 5.41) is 7.85. The third-order valence-corrected chi connectivity index (χ3v) is 13.0. The Kier molecular flexibility index (Phi) is 16.8. The number of nitrogens with one attached hydrogen (secondary N) is 2. The van der Waals surface area contributed by atoms with Crippen LogP contribution in [0.1, 0.15) is 99.4 Å². The number of methoxy groups -OCH3 is 1. The zero-order chi connectivity index (χ0) is 42.0. The predicted molar refractivity (Wildman–Crippen MR) is 212 cm³/mol. The first-order valence-electron chi connectivity index (χ1n) is 19.5. The van der Waals surface area contributed by atoms with Gasteiger partial charge in [-0.25, -0.2) is 4.98 Å². The van der Waals surface area contributed by atoms with Crippen LogP contribution in [0.5, 0.6) is 0 Å². The molecule has 2 N–H and O–H groups in total. The molecule has 1 aromatic carbocycles. The zero-order valence-electron chi connectivity index (χ0n) is 33.7. The Hall–Kier alpha value is -3.70. The van der Waals surface area contributed by atoms with Gasteiger partial charge in [-0.1, -0.05) is 46.2 Å². The standard InChI is InChI=1S/C40H56F3N5O7S2/c1-8-48-16-10-9-11-31(48)36(51)46-34(27-20-56-21-27)38(52)47(6)32(23(2)3)19-33(55-25(5)49)37-45-30(22-57-37)35(50)44-29(17-24(4)39(53)54-7)18-26-12-14-28(15-13-26)40(41,42)43/h12-15,22-24,27,29,31-34H,8-11,16-21H2,1-7H3,(H,44,50)(H,46,51)/t24-,29+,31+,32+,33+,34-/m0/s1.